The number of aromatic hydroxyl groups is 1. The van der Waals surface area contributed by atoms with E-state index in [0.29, 0.717) is 22.6 Å². The summed E-state index contributed by atoms with van der Waals surface area (Å²) in [6, 6.07) is 6.66. The zero-order chi connectivity index (χ0) is 18.6. The molecule has 0 aromatic heterocycles. The van der Waals surface area contributed by atoms with Crippen LogP contribution in [0.15, 0.2) is 24.3 Å². The molecule has 0 saturated carbocycles. The van der Waals surface area contributed by atoms with Crippen LogP contribution in [0.5, 0.6) is 28.7 Å². The number of hydrogen-bond donors (Lipinski definition) is 1. The van der Waals surface area contributed by atoms with Crippen LogP contribution in [0.4, 0.5) is 0 Å². The number of phenolic OH excluding ortho intramolecular Hbond substituents is 1. The van der Waals surface area contributed by atoms with E-state index in [1.54, 1.807) is 14.2 Å². The lowest BCUT2D eigenvalue weighted by Gasteiger charge is -2.15. The van der Waals surface area contributed by atoms with Crippen LogP contribution in [-0.2, 0) is 6.42 Å². The fraction of sp³-hybridized carbons (Fsp3) is 0.316. The monoisotopic (exact) mass is 346 g/mol. The molecule has 0 aliphatic rings. The number of rotatable bonds is 7. The molecule has 0 bridgehead atoms. The van der Waals surface area contributed by atoms with Crippen molar-refractivity contribution < 1.29 is 28.8 Å². The summed E-state index contributed by atoms with van der Waals surface area (Å²) < 4.78 is 21.0. The molecule has 0 radical (unpaired) electrons. The van der Waals surface area contributed by atoms with Gasteiger partial charge in [0, 0.05) is 17.5 Å². The smallest absolute Gasteiger partial charge is 0.200 e. The van der Waals surface area contributed by atoms with Crippen molar-refractivity contribution in [3.63, 3.8) is 0 Å². The summed E-state index contributed by atoms with van der Waals surface area (Å²) in [5, 5.41) is 9.98. The van der Waals surface area contributed by atoms with Gasteiger partial charge in [-0.1, -0.05) is 0 Å². The Bertz CT molecular complexity index is 731. The van der Waals surface area contributed by atoms with Crippen molar-refractivity contribution in [2.24, 2.45) is 0 Å². The van der Waals surface area contributed by atoms with Crippen molar-refractivity contribution in [3.05, 3.63) is 41.0 Å². The number of benzene rings is 2. The highest BCUT2D eigenvalue weighted by Crippen LogP contribution is 2.38. The molecule has 25 heavy (non-hydrogen) atoms. The molecule has 134 valence electrons. The lowest BCUT2D eigenvalue weighted by atomic mass is 9.99. The lowest BCUT2D eigenvalue weighted by molar-refractivity contribution is 0.0990. The number of methoxy groups -OCH3 is 4. The quantitative estimate of drug-likeness (QED) is 0.776. The Kier molecular flexibility index (Phi) is 5.75. The van der Waals surface area contributed by atoms with Gasteiger partial charge in [0.25, 0.3) is 0 Å². The first-order chi connectivity index (χ1) is 11.9. The van der Waals surface area contributed by atoms with Crippen LogP contribution >= 0.6 is 0 Å². The summed E-state index contributed by atoms with van der Waals surface area (Å²) in [6.07, 6.45) is 0.0731. The summed E-state index contributed by atoms with van der Waals surface area (Å²) in [6.45, 7) is 1.92. The number of hydrogen-bond acceptors (Lipinski definition) is 6. The Labute approximate surface area is 146 Å². The van der Waals surface area contributed by atoms with E-state index in [-0.39, 0.29) is 29.5 Å². The third kappa shape index (κ3) is 3.79. The van der Waals surface area contributed by atoms with Crippen molar-refractivity contribution >= 4 is 5.78 Å². The molecule has 2 aromatic carbocycles. The number of phenols is 1. The Morgan fingerprint density at radius 1 is 0.840 bits per heavy atom. The van der Waals surface area contributed by atoms with Crippen molar-refractivity contribution in [2.45, 2.75) is 13.3 Å². The molecule has 0 atom stereocenters. The van der Waals surface area contributed by atoms with Gasteiger partial charge in [-0.3, -0.25) is 4.79 Å². The van der Waals surface area contributed by atoms with Gasteiger partial charge in [-0.25, -0.2) is 0 Å². The van der Waals surface area contributed by atoms with Crippen molar-refractivity contribution in [3.8, 4) is 28.7 Å². The molecule has 0 spiro atoms. The number of Topliss-reactive ketones (excluding diaryl/α,β-unsaturated/α-hetero) is 1. The van der Waals surface area contributed by atoms with Crippen LogP contribution in [0.1, 0.15) is 21.5 Å². The largest absolute Gasteiger partial charge is 0.502 e. The summed E-state index contributed by atoms with van der Waals surface area (Å²) in [5.41, 5.74) is 1.99. The normalized spacial score (nSPS) is 10.3. The summed E-state index contributed by atoms with van der Waals surface area (Å²) in [5.74, 6) is 1.19. The molecule has 0 aliphatic heterocycles. The Morgan fingerprint density at radius 3 is 1.68 bits per heavy atom. The van der Waals surface area contributed by atoms with Crippen LogP contribution in [0.3, 0.4) is 0 Å². The van der Waals surface area contributed by atoms with E-state index in [1.807, 2.05) is 19.1 Å². The second-order valence-electron chi connectivity index (χ2n) is 5.48. The molecule has 6 heteroatoms. The van der Waals surface area contributed by atoms with Crippen LogP contribution in [0.25, 0.3) is 0 Å². The lowest BCUT2D eigenvalue weighted by Crippen LogP contribution is -2.08. The average molecular weight is 346 g/mol. The zero-order valence-corrected chi connectivity index (χ0v) is 15.0. The van der Waals surface area contributed by atoms with Gasteiger partial charge < -0.3 is 24.1 Å². The molecule has 6 nitrogen and oxygen atoms in total. The Balaban J connectivity index is 2.44. The van der Waals surface area contributed by atoms with Gasteiger partial charge in [0.15, 0.2) is 17.3 Å². The number of carbonyl (C=O) groups is 1. The molecule has 2 aromatic rings. The minimum atomic E-state index is -0.183. The molecule has 0 saturated heterocycles. The van der Waals surface area contributed by atoms with Gasteiger partial charge in [-0.2, -0.15) is 0 Å². The number of aryl methyl sites for hydroxylation is 1. The van der Waals surface area contributed by atoms with E-state index in [0.717, 1.165) is 5.56 Å². The van der Waals surface area contributed by atoms with Crippen molar-refractivity contribution in [1.82, 2.24) is 0 Å². The summed E-state index contributed by atoms with van der Waals surface area (Å²) in [4.78, 5) is 12.8. The minimum absolute atomic E-state index is 0.0731. The van der Waals surface area contributed by atoms with Crippen LogP contribution in [-0.4, -0.2) is 39.3 Å². The molecule has 2 rings (SSSR count). The molecular weight excluding hydrogens is 324 g/mol. The predicted octanol–water partition coefficient (Wildman–Crippen LogP) is 3.16. The maximum Gasteiger partial charge on any atom is 0.200 e. The van der Waals surface area contributed by atoms with E-state index in [9.17, 15) is 9.90 Å². The topological polar surface area (TPSA) is 74.2 Å². The minimum Gasteiger partial charge on any atom is -0.502 e. The Morgan fingerprint density at radius 2 is 1.28 bits per heavy atom. The van der Waals surface area contributed by atoms with Gasteiger partial charge >= 0.3 is 0 Å². The second-order valence-corrected chi connectivity index (χ2v) is 5.48. The van der Waals surface area contributed by atoms with Gasteiger partial charge in [-0.15, -0.1) is 0 Å². The molecule has 0 fully saturated rings. The maximum absolute atomic E-state index is 12.8. The Hall–Kier alpha value is -2.89. The fourth-order valence-corrected chi connectivity index (χ4v) is 2.61. The molecule has 0 unspecified atom stereocenters. The highest BCUT2D eigenvalue weighted by Gasteiger charge is 2.20. The standard InChI is InChI=1S/C19H22O6/c1-11-6-15(22-2)13(16(7-11)23-3)10-14(20)12-8-17(24-4)19(21)18(9-12)25-5/h6-9,21H,10H2,1-5H3. The molecule has 0 amide bonds. The molecule has 0 aliphatic carbocycles. The molecule has 0 heterocycles. The molecular formula is C19H22O6. The summed E-state index contributed by atoms with van der Waals surface area (Å²) in [7, 11) is 5.92. The first-order valence-corrected chi connectivity index (χ1v) is 7.64. The van der Waals surface area contributed by atoms with Gasteiger partial charge in [0.2, 0.25) is 5.75 Å². The van der Waals surface area contributed by atoms with E-state index in [4.69, 9.17) is 18.9 Å². The van der Waals surface area contributed by atoms with Crippen LogP contribution in [0, 0.1) is 6.92 Å². The zero-order valence-electron chi connectivity index (χ0n) is 15.0. The van der Waals surface area contributed by atoms with Gasteiger partial charge in [0.05, 0.1) is 28.4 Å². The first kappa shape index (κ1) is 18.4. The SMILES string of the molecule is COc1cc(C(=O)Cc2c(OC)cc(C)cc2OC)cc(OC)c1O. The first-order valence-electron chi connectivity index (χ1n) is 7.64. The highest BCUT2D eigenvalue weighted by atomic mass is 16.5. The van der Waals surface area contributed by atoms with E-state index < -0.39 is 0 Å². The van der Waals surface area contributed by atoms with Gasteiger partial charge in [0.1, 0.15) is 11.5 Å². The third-order valence-electron chi connectivity index (χ3n) is 3.89. The van der Waals surface area contributed by atoms with Crippen LogP contribution < -0.4 is 18.9 Å². The van der Waals surface area contributed by atoms with Crippen molar-refractivity contribution in [1.29, 1.82) is 0 Å². The third-order valence-corrected chi connectivity index (χ3v) is 3.89. The van der Waals surface area contributed by atoms with E-state index in [2.05, 4.69) is 0 Å². The number of ether oxygens (including phenoxy) is 4. The predicted molar refractivity (Wildman–Crippen MR) is 93.5 cm³/mol. The second kappa shape index (κ2) is 7.79. The van der Waals surface area contributed by atoms with Crippen LogP contribution in [0.2, 0.25) is 0 Å². The highest BCUT2D eigenvalue weighted by molar-refractivity contribution is 5.99. The number of carbonyl (C=O) groups excluding carboxylic acids is 1. The van der Waals surface area contributed by atoms with Gasteiger partial charge in [-0.05, 0) is 36.8 Å². The maximum atomic E-state index is 12.8. The fourth-order valence-electron chi connectivity index (χ4n) is 2.61. The number of ketones is 1. The summed E-state index contributed by atoms with van der Waals surface area (Å²) >= 11 is 0. The van der Waals surface area contributed by atoms with E-state index in [1.165, 1.54) is 26.4 Å². The van der Waals surface area contributed by atoms with E-state index >= 15 is 0 Å². The molecule has 1 N–H and O–H groups in total. The average Bonchev–Trinajstić information content (AvgIpc) is 2.62. The van der Waals surface area contributed by atoms with Crippen molar-refractivity contribution in [2.75, 3.05) is 28.4 Å².